The van der Waals surface area contributed by atoms with Gasteiger partial charge in [0.15, 0.2) is 11.5 Å². The van der Waals surface area contributed by atoms with Gasteiger partial charge in [-0.05, 0) is 43.2 Å². The molecule has 0 spiro atoms. The molecule has 2 N–H and O–H groups in total. The number of fused-ring (bicyclic) bond motifs is 1. The van der Waals surface area contributed by atoms with E-state index in [1.165, 1.54) is 12.1 Å². The summed E-state index contributed by atoms with van der Waals surface area (Å²) in [7, 11) is 0. The molecule has 28 heavy (non-hydrogen) atoms. The van der Waals surface area contributed by atoms with Gasteiger partial charge in [-0.1, -0.05) is 6.07 Å². The number of benzene rings is 2. The number of nitrogens with one attached hydrogen (secondary N) is 2. The van der Waals surface area contributed by atoms with Gasteiger partial charge in [0.25, 0.3) is 5.69 Å². The molecule has 1 atom stereocenters. The van der Waals surface area contributed by atoms with Crippen molar-refractivity contribution in [3.05, 3.63) is 58.1 Å². The number of carbonyl (C=O) groups is 1. The number of nitro groups is 1. The molecule has 8 nitrogen and oxygen atoms in total. The van der Waals surface area contributed by atoms with Gasteiger partial charge in [0.05, 0.1) is 11.0 Å². The summed E-state index contributed by atoms with van der Waals surface area (Å²) in [6.07, 6.45) is 1.03. The largest absolute Gasteiger partial charge is 0.486 e. The SMILES string of the molecule is CC(NC(=O)CCCNc1ccc([N+](=O)[O-])cc1)c1ccc2c(c1)OCCO2. The smallest absolute Gasteiger partial charge is 0.269 e. The highest BCUT2D eigenvalue weighted by atomic mass is 16.6. The van der Waals surface area contributed by atoms with Crippen molar-refractivity contribution in [2.75, 3.05) is 25.1 Å². The van der Waals surface area contributed by atoms with Crippen LogP contribution in [0.1, 0.15) is 31.4 Å². The fourth-order valence-electron chi connectivity index (χ4n) is 2.91. The van der Waals surface area contributed by atoms with Gasteiger partial charge < -0.3 is 20.1 Å². The summed E-state index contributed by atoms with van der Waals surface area (Å²) < 4.78 is 11.1. The van der Waals surface area contributed by atoms with Crippen LogP contribution in [0.2, 0.25) is 0 Å². The van der Waals surface area contributed by atoms with Crippen LogP contribution >= 0.6 is 0 Å². The summed E-state index contributed by atoms with van der Waals surface area (Å²) in [6.45, 7) is 3.60. The number of nitrogens with zero attached hydrogens (tertiary/aromatic N) is 1. The number of ether oxygens (including phenoxy) is 2. The number of hydrogen-bond acceptors (Lipinski definition) is 6. The van der Waals surface area contributed by atoms with Gasteiger partial charge in [0.2, 0.25) is 5.91 Å². The fraction of sp³-hybridized carbons (Fsp3) is 0.350. The molecular formula is C20H23N3O5. The zero-order chi connectivity index (χ0) is 19.9. The van der Waals surface area contributed by atoms with E-state index in [0.29, 0.717) is 38.3 Å². The van der Waals surface area contributed by atoms with Crippen LogP contribution < -0.4 is 20.1 Å². The zero-order valence-electron chi connectivity index (χ0n) is 15.6. The van der Waals surface area contributed by atoms with E-state index < -0.39 is 4.92 Å². The molecule has 0 radical (unpaired) electrons. The average Bonchev–Trinajstić information content (AvgIpc) is 2.71. The first kappa shape index (κ1) is 19.5. The Balaban J connectivity index is 1.41. The minimum absolute atomic E-state index is 0.0344. The molecule has 2 aromatic carbocycles. The van der Waals surface area contributed by atoms with E-state index in [1.54, 1.807) is 12.1 Å². The lowest BCUT2D eigenvalue weighted by Gasteiger charge is -2.21. The lowest BCUT2D eigenvalue weighted by molar-refractivity contribution is -0.384. The highest BCUT2D eigenvalue weighted by molar-refractivity contribution is 5.76. The number of nitro benzene ring substituents is 1. The summed E-state index contributed by atoms with van der Waals surface area (Å²) in [4.78, 5) is 22.4. The van der Waals surface area contributed by atoms with Crippen molar-refractivity contribution in [2.45, 2.75) is 25.8 Å². The first-order valence-corrected chi connectivity index (χ1v) is 9.20. The number of anilines is 1. The second-order valence-electron chi connectivity index (χ2n) is 6.53. The van der Waals surface area contributed by atoms with E-state index >= 15 is 0 Å². The standard InChI is InChI=1S/C20H23N3O5/c1-14(15-4-9-18-19(13-15)28-12-11-27-18)22-20(24)3-2-10-21-16-5-7-17(8-6-16)23(25)26/h4-9,13-14,21H,2-3,10-12H2,1H3,(H,22,24). The van der Waals surface area contributed by atoms with Crippen LogP contribution in [0.25, 0.3) is 0 Å². The summed E-state index contributed by atoms with van der Waals surface area (Å²) >= 11 is 0. The summed E-state index contributed by atoms with van der Waals surface area (Å²) in [6, 6.07) is 11.8. The zero-order valence-corrected chi connectivity index (χ0v) is 15.6. The summed E-state index contributed by atoms with van der Waals surface area (Å²) in [5.41, 5.74) is 1.80. The lowest BCUT2D eigenvalue weighted by Crippen LogP contribution is -2.27. The molecule has 3 rings (SSSR count). The van der Waals surface area contributed by atoms with Gasteiger partial charge in [-0.3, -0.25) is 14.9 Å². The lowest BCUT2D eigenvalue weighted by atomic mass is 10.1. The number of carbonyl (C=O) groups excluding carboxylic acids is 1. The summed E-state index contributed by atoms with van der Waals surface area (Å²) in [5.74, 6) is 1.40. The van der Waals surface area contributed by atoms with Gasteiger partial charge in [-0.15, -0.1) is 0 Å². The van der Waals surface area contributed by atoms with Crippen molar-refractivity contribution in [1.82, 2.24) is 5.32 Å². The van der Waals surface area contributed by atoms with Crippen LogP contribution in [0.15, 0.2) is 42.5 Å². The van der Waals surface area contributed by atoms with Crippen LogP contribution in [0.4, 0.5) is 11.4 Å². The van der Waals surface area contributed by atoms with Crippen molar-refractivity contribution >= 4 is 17.3 Å². The molecule has 1 unspecified atom stereocenters. The minimum atomic E-state index is -0.434. The topological polar surface area (TPSA) is 103 Å². The van der Waals surface area contributed by atoms with E-state index in [0.717, 1.165) is 17.0 Å². The van der Waals surface area contributed by atoms with Crippen LogP contribution in [-0.4, -0.2) is 30.6 Å². The van der Waals surface area contributed by atoms with E-state index in [-0.39, 0.29) is 17.6 Å². The third-order valence-corrected chi connectivity index (χ3v) is 4.43. The quantitative estimate of drug-likeness (QED) is 0.410. The van der Waals surface area contributed by atoms with Crippen molar-refractivity contribution in [2.24, 2.45) is 0 Å². The minimum Gasteiger partial charge on any atom is -0.486 e. The number of non-ortho nitro benzene ring substituents is 1. The van der Waals surface area contributed by atoms with Gasteiger partial charge in [0, 0.05) is 30.8 Å². The van der Waals surface area contributed by atoms with Crippen molar-refractivity contribution < 1.29 is 19.2 Å². The fourth-order valence-corrected chi connectivity index (χ4v) is 2.91. The van der Waals surface area contributed by atoms with Gasteiger partial charge >= 0.3 is 0 Å². The first-order chi connectivity index (χ1) is 13.5. The normalized spacial score (nSPS) is 13.5. The van der Waals surface area contributed by atoms with E-state index in [4.69, 9.17) is 9.47 Å². The molecule has 0 aliphatic carbocycles. The molecule has 0 fully saturated rings. The maximum absolute atomic E-state index is 12.2. The second kappa shape index (κ2) is 9.07. The maximum Gasteiger partial charge on any atom is 0.269 e. The number of rotatable bonds is 8. The monoisotopic (exact) mass is 385 g/mol. The third-order valence-electron chi connectivity index (χ3n) is 4.43. The molecule has 0 aromatic heterocycles. The Labute approximate surface area is 163 Å². The molecule has 148 valence electrons. The Morgan fingerprint density at radius 2 is 1.86 bits per heavy atom. The Morgan fingerprint density at radius 1 is 1.14 bits per heavy atom. The Bertz CT molecular complexity index is 838. The van der Waals surface area contributed by atoms with Crippen molar-refractivity contribution in [1.29, 1.82) is 0 Å². The molecule has 1 amide bonds. The highest BCUT2D eigenvalue weighted by Crippen LogP contribution is 2.32. The molecule has 0 bridgehead atoms. The predicted octanol–water partition coefficient (Wildman–Crippen LogP) is 3.44. The molecule has 1 heterocycles. The number of amides is 1. The van der Waals surface area contributed by atoms with Gasteiger partial charge in [-0.2, -0.15) is 0 Å². The molecule has 2 aromatic rings. The molecule has 0 saturated carbocycles. The number of hydrogen-bond donors (Lipinski definition) is 2. The molecule has 1 aliphatic heterocycles. The van der Waals surface area contributed by atoms with Crippen LogP contribution in [0, 0.1) is 10.1 Å². The molecular weight excluding hydrogens is 362 g/mol. The van der Waals surface area contributed by atoms with E-state index in [1.807, 2.05) is 25.1 Å². The van der Waals surface area contributed by atoms with E-state index in [2.05, 4.69) is 10.6 Å². The first-order valence-electron chi connectivity index (χ1n) is 9.20. The Hall–Kier alpha value is -3.29. The van der Waals surface area contributed by atoms with Crippen LogP contribution in [0.5, 0.6) is 11.5 Å². The highest BCUT2D eigenvalue weighted by Gasteiger charge is 2.15. The molecule has 8 heteroatoms. The average molecular weight is 385 g/mol. The van der Waals surface area contributed by atoms with Gasteiger partial charge in [-0.25, -0.2) is 0 Å². The maximum atomic E-state index is 12.2. The predicted molar refractivity (Wildman–Crippen MR) is 105 cm³/mol. The molecule has 1 aliphatic rings. The van der Waals surface area contributed by atoms with Crippen LogP contribution in [-0.2, 0) is 4.79 Å². The third kappa shape index (κ3) is 5.12. The van der Waals surface area contributed by atoms with Crippen LogP contribution in [0.3, 0.4) is 0 Å². The Kier molecular flexibility index (Phi) is 6.31. The van der Waals surface area contributed by atoms with Gasteiger partial charge in [0.1, 0.15) is 13.2 Å². The summed E-state index contributed by atoms with van der Waals surface area (Å²) in [5, 5.41) is 16.8. The van der Waals surface area contributed by atoms with Crippen molar-refractivity contribution in [3.63, 3.8) is 0 Å². The van der Waals surface area contributed by atoms with Crippen molar-refractivity contribution in [3.8, 4) is 11.5 Å². The van der Waals surface area contributed by atoms with E-state index in [9.17, 15) is 14.9 Å². The Morgan fingerprint density at radius 3 is 2.57 bits per heavy atom. The molecule has 0 saturated heterocycles. The second-order valence-corrected chi connectivity index (χ2v) is 6.53.